The monoisotopic (exact) mass is 262 g/mol. The second kappa shape index (κ2) is 6.07. The number of para-hydroxylation sites is 1. The van der Waals surface area contributed by atoms with E-state index >= 15 is 0 Å². The van der Waals surface area contributed by atoms with Crippen LogP contribution in [-0.4, -0.2) is 23.0 Å². The maximum absolute atomic E-state index is 11.9. The van der Waals surface area contributed by atoms with Crippen molar-refractivity contribution < 1.29 is 0 Å². The maximum atomic E-state index is 11.9. The topological polar surface area (TPSA) is 44.9 Å². The molecular formula is C14H18N2OS. The highest BCUT2D eigenvalue weighted by molar-refractivity contribution is 7.99. The van der Waals surface area contributed by atoms with Crippen LogP contribution in [0.4, 0.5) is 0 Å². The fraction of sp³-hybridized carbons (Fsp3) is 0.357. The molecule has 2 N–H and O–H groups in total. The molecular weight excluding hydrogens is 244 g/mol. The lowest BCUT2D eigenvalue weighted by Gasteiger charge is -2.09. The molecule has 1 atom stereocenters. The third kappa shape index (κ3) is 3.15. The molecule has 0 saturated carbocycles. The number of aromatic amines is 1. The molecule has 0 spiro atoms. The van der Waals surface area contributed by atoms with E-state index in [1.807, 2.05) is 42.1 Å². The third-order valence-electron chi connectivity index (χ3n) is 2.98. The Morgan fingerprint density at radius 2 is 2.17 bits per heavy atom. The second-order valence-corrected chi connectivity index (χ2v) is 5.66. The van der Waals surface area contributed by atoms with E-state index in [1.54, 1.807) is 0 Å². The summed E-state index contributed by atoms with van der Waals surface area (Å²) in [7, 11) is 0. The van der Waals surface area contributed by atoms with Crippen LogP contribution in [-0.2, 0) is 6.54 Å². The first kappa shape index (κ1) is 13.2. The SMILES string of the molecule is CSC(C)CNCc1cc2ccccc2[nH]c1=O. The predicted octanol–water partition coefficient (Wildman–Crippen LogP) is 2.37. The molecule has 1 aromatic carbocycles. The van der Waals surface area contributed by atoms with Gasteiger partial charge in [-0.25, -0.2) is 0 Å². The van der Waals surface area contributed by atoms with Gasteiger partial charge in [0, 0.05) is 29.4 Å². The normalized spacial score (nSPS) is 12.8. The molecule has 1 unspecified atom stereocenters. The molecule has 2 aromatic rings. The molecule has 1 heterocycles. The van der Waals surface area contributed by atoms with Gasteiger partial charge in [-0.2, -0.15) is 11.8 Å². The van der Waals surface area contributed by atoms with Crippen LogP contribution in [0.5, 0.6) is 0 Å². The van der Waals surface area contributed by atoms with Crippen molar-refractivity contribution >= 4 is 22.7 Å². The highest BCUT2D eigenvalue weighted by Gasteiger charge is 2.03. The van der Waals surface area contributed by atoms with E-state index < -0.39 is 0 Å². The van der Waals surface area contributed by atoms with Gasteiger partial charge in [-0.1, -0.05) is 25.1 Å². The van der Waals surface area contributed by atoms with E-state index in [0.717, 1.165) is 23.0 Å². The Bertz CT molecular complexity index is 579. The summed E-state index contributed by atoms with van der Waals surface area (Å²) in [5.74, 6) is 0. The minimum atomic E-state index is -0.00185. The number of benzene rings is 1. The van der Waals surface area contributed by atoms with Crippen LogP contribution in [0, 0.1) is 0 Å². The van der Waals surface area contributed by atoms with Crippen molar-refractivity contribution in [2.75, 3.05) is 12.8 Å². The Labute approximate surface area is 111 Å². The van der Waals surface area contributed by atoms with Crippen molar-refractivity contribution in [3.8, 4) is 0 Å². The van der Waals surface area contributed by atoms with E-state index in [-0.39, 0.29) is 5.56 Å². The summed E-state index contributed by atoms with van der Waals surface area (Å²) in [5, 5.41) is 4.95. The van der Waals surface area contributed by atoms with Crippen LogP contribution in [0.15, 0.2) is 35.1 Å². The van der Waals surface area contributed by atoms with Crippen LogP contribution < -0.4 is 10.9 Å². The largest absolute Gasteiger partial charge is 0.322 e. The molecule has 0 fully saturated rings. The van der Waals surface area contributed by atoms with E-state index in [9.17, 15) is 4.79 Å². The lowest BCUT2D eigenvalue weighted by Crippen LogP contribution is -2.25. The van der Waals surface area contributed by atoms with Gasteiger partial charge in [0.05, 0.1) is 0 Å². The number of rotatable bonds is 5. The molecule has 0 aliphatic heterocycles. The van der Waals surface area contributed by atoms with Crippen molar-refractivity contribution in [2.24, 2.45) is 0 Å². The second-order valence-electron chi connectivity index (χ2n) is 4.39. The van der Waals surface area contributed by atoms with E-state index in [0.29, 0.717) is 11.8 Å². The Morgan fingerprint density at radius 3 is 2.94 bits per heavy atom. The number of thioether (sulfide) groups is 1. The van der Waals surface area contributed by atoms with Gasteiger partial charge in [-0.15, -0.1) is 0 Å². The van der Waals surface area contributed by atoms with Gasteiger partial charge in [0.25, 0.3) is 5.56 Å². The first-order valence-electron chi connectivity index (χ1n) is 6.05. The molecule has 18 heavy (non-hydrogen) atoms. The van der Waals surface area contributed by atoms with Crippen molar-refractivity contribution in [3.05, 3.63) is 46.2 Å². The zero-order chi connectivity index (χ0) is 13.0. The number of aromatic nitrogens is 1. The van der Waals surface area contributed by atoms with Crippen molar-refractivity contribution in [1.29, 1.82) is 0 Å². The van der Waals surface area contributed by atoms with Gasteiger partial charge in [0.1, 0.15) is 0 Å². The molecule has 0 amide bonds. The zero-order valence-corrected chi connectivity index (χ0v) is 11.5. The summed E-state index contributed by atoms with van der Waals surface area (Å²) in [6, 6.07) is 9.80. The number of hydrogen-bond acceptors (Lipinski definition) is 3. The van der Waals surface area contributed by atoms with Crippen LogP contribution in [0.3, 0.4) is 0 Å². The molecule has 1 aromatic heterocycles. The molecule has 3 nitrogen and oxygen atoms in total. The highest BCUT2D eigenvalue weighted by Crippen LogP contribution is 2.10. The Kier molecular flexibility index (Phi) is 4.44. The van der Waals surface area contributed by atoms with E-state index in [1.165, 1.54) is 0 Å². The van der Waals surface area contributed by atoms with Crippen molar-refractivity contribution in [3.63, 3.8) is 0 Å². The molecule has 0 aliphatic rings. The minimum Gasteiger partial charge on any atom is -0.322 e. The van der Waals surface area contributed by atoms with Gasteiger partial charge in [0.15, 0.2) is 0 Å². The summed E-state index contributed by atoms with van der Waals surface area (Å²) in [4.78, 5) is 14.8. The average Bonchev–Trinajstić information content (AvgIpc) is 2.39. The highest BCUT2D eigenvalue weighted by atomic mass is 32.2. The number of nitrogens with one attached hydrogen (secondary N) is 2. The summed E-state index contributed by atoms with van der Waals surface area (Å²) >= 11 is 1.82. The van der Waals surface area contributed by atoms with Crippen LogP contribution in [0.2, 0.25) is 0 Å². The van der Waals surface area contributed by atoms with Crippen molar-refractivity contribution in [1.82, 2.24) is 10.3 Å². The van der Waals surface area contributed by atoms with Gasteiger partial charge >= 0.3 is 0 Å². The molecule has 0 aliphatic carbocycles. The van der Waals surface area contributed by atoms with E-state index in [2.05, 4.69) is 23.5 Å². The zero-order valence-electron chi connectivity index (χ0n) is 10.7. The van der Waals surface area contributed by atoms with Gasteiger partial charge in [-0.3, -0.25) is 4.79 Å². The quantitative estimate of drug-likeness (QED) is 0.869. The summed E-state index contributed by atoms with van der Waals surface area (Å²) < 4.78 is 0. The smallest absolute Gasteiger partial charge is 0.252 e. The molecule has 2 rings (SSSR count). The van der Waals surface area contributed by atoms with Crippen LogP contribution in [0.25, 0.3) is 10.9 Å². The van der Waals surface area contributed by atoms with Gasteiger partial charge in [0.2, 0.25) is 0 Å². The molecule has 96 valence electrons. The lowest BCUT2D eigenvalue weighted by atomic mass is 10.1. The van der Waals surface area contributed by atoms with Gasteiger partial charge in [-0.05, 0) is 23.8 Å². The number of fused-ring (bicyclic) bond motifs is 1. The minimum absolute atomic E-state index is 0.00185. The van der Waals surface area contributed by atoms with Crippen LogP contribution >= 0.6 is 11.8 Å². The number of pyridine rings is 1. The third-order valence-corrected chi connectivity index (χ3v) is 3.95. The fourth-order valence-corrected chi connectivity index (χ4v) is 2.10. The first-order valence-corrected chi connectivity index (χ1v) is 7.34. The predicted molar refractivity (Wildman–Crippen MR) is 79.3 cm³/mol. The van der Waals surface area contributed by atoms with Crippen molar-refractivity contribution in [2.45, 2.75) is 18.7 Å². The average molecular weight is 262 g/mol. The maximum Gasteiger partial charge on any atom is 0.252 e. The number of hydrogen-bond donors (Lipinski definition) is 2. The standard InChI is InChI=1S/C14H18N2OS/c1-10(18-2)8-15-9-12-7-11-5-3-4-6-13(11)16-14(12)17/h3-7,10,15H,8-9H2,1-2H3,(H,16,17). The summed E-state index contributed by atoms with van der Waals surface area (Å²) in [6.45, 7) is 3.70. The van der Waals surface area contributed by atoms with E-state index in [4.69, 9.17) is 0 Å². The summed E-state index contributed by atoms with van der Waals surface area (Å²) in [6.07, 6.45) is 2.09. The molecule has 4 heteroatoms. The van der Waals surface area contributed by atoms with Gasteiger partial charge < -0.3 is 10.3 Å². The van der Waals surface area contributed by atoms with Crippen LogP contribution in [0.1, 0.15) is 12.5 Å². The summed E-state index contributed by atoms with van der Waals surface area (Å²) in [5.41, 5.74) is 1.68. The lowest BCUT2D eigenvalue weighted by molar-refractivity contribution is 0.680. The molecule has 0 saturated heterocycles. The molecule has 0 radical (unpaired) electrons. The fourth-order valence-electron chi connectivity index (χ4n) is 1.82. The Morgan fingerprint density at radius 1 is 1.39 bits per heavy atom. The first-order chi connectivity index (χ1) is 8.70. The number of H-pyrrole nitrogens is 1. The molecule has 0 bridgehead atoms. The Balaban J connectivity index is 2.13. The Hall–Kier alpha value is -1.26.